The van der Waals surface area contributed by atoms with Crippen molar-refractivity contribution >= 4 is 16.8 Å². The van der Waals surface area contributed by atoms with Gasteiger partial charge in [-0.25, -0.2) is 0 Å². The summed E-state index contributed by atoms with van der Waals surface area (Å²) in [5.41, 5.74) is 6.38. The zero-order valence-electron chi connectivity index (χ0n) is 7.11. The fourth-order valence-electron chi connectivity index (χ4n) is 1.38. The second-order valence-electron chi connectivity index (χ2n) is 2.78. The van der Waals surface area contributed by atoms with Crippen molar-refractivity contribution in [1.82, 2.24) is 9.78 Å². The molecule has 1 aromatic heterocycles. The minimum Gasteiger partial charge on any atom is -0.364 e. The number of carbonyl (C=O) groups excluding carboxylic acids is 1. The first-order chi connectivity index (χ1) is 6.20. The van der Waals surface area contributed by atoms with Crippen molar-refractivity contribution in [3.63, 3.8) is 0 Å². The predicted octanol–water partition coefficient (Wildman–Crippen LogP) is 0.472. The second kappa shape index (κ2) is 2.58. The topological polar surface area (TPSA) is 60.9 Å². The van der Waals surface area contributed by atoms with E-state index in [0.717, 1.165) is 10.9 Å². The van der Waals surface area contributed by atoms with Gasteiger partial charge in [0.15, 0.2) is 0 Å². The van der Waals surface area contributed by atoms with Crippen molar-refractivity contribution in [2.45, 2.75) is 0 Å². The molecule has 1 heterocycles. The molecule has 0 saturated carbocycles. The number of benzene rings is 1. The van der Waals surface area contributed by atoms with Gasteiger partial charge in [-0.1, -0.05) is 6.07 Å². The van der Waals surface area contributed by atoms with Crippen LogP contribution in [0.2, 0.25) is 0 Å². The molecule has 0 aliphatic rings. The van der Waals surface area contributed by atoms with Crippen LogP contribution in [-0.2, 0) is 7.05 Å². The van der Waals surface area contributed by atoms with Gasteiger partial charge in [-0.15, -0.1) is 0 Å². The smallest absolute Gasteiger partial charge is 0.267 e. The fraction of sp³-hybridized carbons (Fsp3) is 0.111. The Balaban J connectivity index is 2.86. The van der Waals surface area contributed by atoms with Crippen LogP contribution in [0.1, 0.15) is 10.5 Å². The van der Waals surface area contributed by atoms with Crippen LogP contribution < -0.4 is 5.73 Å². The summed E-state index contributed by atoms with van der Waals surface area (Å²) in [7, 11) is 1.69. The van der Waals surface area contributed by atoms with Crippen molar-refractivity contribution in [2.75, 3.05) is 0 Å². The highest BCUT2D eigenvalue weighted by atomic mass is 16.1. The Labute approximate surface area is 75.0 Å². The SMILES string of the molecule is Cn1nc2c[c]ccc2c1C(N)=O. The van der Waals surface area contributed by atoms with Gasteiger partial charge in [-0.2, -0.15) is 5.10 Å². The Morgan fingerprint density at radius 2 is 2.46 bits per heavy atom. The molecule has 0 aliphatic heterocycles. The van der Waals surface area contributed by atoms with Crippen molar-refractivity contribution in [3.8, 4) is 0 Å². The van der Waals surface area contributed by atoms with Crippen LogP contribution in [0.3, 0.4) is 0 Å². The highest BCUT2D eigenvalue weighted by molar-refractivity contribution is 6.04. The third kappa shape index (κ3) is 1.07. The first kappa shape index (κ1) is 7.79. The molecule has 1 amide bonds. The Morgan fingerprint density at radius 1 is 1.69 bits per heavy atom. The molecule has 2 aromatic rings. The van der Waals surface area contributed by atoms with E-state index < -0.39 is 5.91 Å². The lowest BCUT2D eigenvalue weighted by atomic mass is 10.2. The molecule has 13 heavy (non-hydrogen) atoms. The van der Waals surface area contributed by atoms with Gasteiger partial charge in [0.1, 0.15) is 5.69 Å². The van der Waals surface area contributed by atoms with Crippen LogP contribution in [0.4, 0.5) is 0 Å². The van der Waals surface area contributed by atoms with Gasteiger partial charge in [0.05, 0.1) is 5.52 Å². The maximum absolute atomic E-state index is 11.0. The average Bonchev–Trinajstić information content (AvgIpc) is 2.39. The van der Waals surface area contributed by atoms with Crippen molar-refractivity contribution in [1.29, 1.82) is 0 Å². The summed E-state index contributed by atoms with van der Waals surface area (Å²) in [5.74, 6) is -0.462. The van der Waals surface area contributed by atoms with E-state index in [-0.39, 0.29) is 0 Å². The van der Waals surface area contributed by atoms with Gasteiger partial charge in [0.25, 0.3) is 5.91 Å². The lowest BCUT2D eigenvalue weighted by Gasteiger charge is -1.94. The van der Waals surface area contributed by atoms with Crippen molar-refractivity contribution in [3.05, 3.63) is 30.0 Å². The molecule has 0 saturated heterocycles. The minimum absolute atomic E-state index is 0.434. The number of fused-ring (bicyclic) bond motifs is 1. The Kier molecular flexibility index (Phi) is 1.55. The molecule has 2 N–H and O–H groups in total. The van der Waals surface area contributed by atoms with E-state index in [4.69, 9.17) is 5.73 Å². The summed E-state index contributed by atoms with van der Waals surface area (Å²) < 4.78 is 1.49. The molecule has 0 fully saturated rings. The third-order valence-corrected chi connectivity index (χ3v) is 1.91. The van der Waals surface area contributed by atoms with Gasteiger partial charge in [0.2, 0.25) is 0 Å². The fourth-order valence-corrected chi connectivity index (χ4v) is 1.38. The van der Waals surface area contributed by atoms with Crippen molar-refractivity contribution < 1.29 is 4.79 Å². The minimum atomic E-state index is -0.462. The van der Waals surface area contributed by atoms with E-state index in [1.165, 1.54) is 4.68 Å². The standard InChI is InChI=1S/C9H8N3O/c1-12-8(9(10)13)6-4-2-3-5-7(6)11-12/h2,4-5H,1H3,(H2,10,13). The van der Waals surface area contributed by atoms with Crippen LogP contribution in [0.15, 0.2) is 18.2 Å². The number of amides is 1. The lowest BCUT2D eigenvalue weighted by molar-refractivity contribution is 0.0993. The molecular weight excluding hydrogens is 166 g/mol. The van der Waals surface area contributed by atoms with Crippen molar-refractivity contribution in [2.24, 2.45) is 12.8 Å². The largest absolute Gasteiger partial charge is 0.364 e. The maximum Gasteiger partial charge on any atom is 0.267 e. The summed E-state index contributed by atoms with van der Waals surface area (Å²) in [6.07, 6.45) is 0. The highest BCUT2D eigenvalue weighted by Gasteiger charge is 2.12. The van der Waals surface area contributed by atoms with Crippen LogP contribution >= 0.6 is 0 Å². The molecule has 65 valence electrons. The number of aromatic nitrogens is 2. The van der Waals surface area contributed by atoms with Gasteiger partial charge in [-0.3, -0.25) is 9.48 Å². The summed E-state index contributed by atoms with van der Waals surface area (Å²) in [4.78, 5) is 11.0. The van der Waals surface area contributed by atoms with E-state index in [1.54, 1.807) is 25.2 Å². The van der Waals surface area contributed by atoms with E-state index in [9.17, 15) is 4.79 Å². The third-order valence-electron chi connectivity index (χ3n) is 1.91. The Hall–Kier alpha value is -1.84. The number of primary amides is 1. The average molecular weight is 174 g/mol. The Bertz CT molecular complexity index is 473. The zero-order valence-corrected chi connectivity index (χ0v) is 7.11. The number of nitrogens with zero attached hydrogens (tertiary/aromatic N) is 2. The summed E-state index contributed by atoms with van der Waals surface area (Å²) >= 11 is 0. The van der Waals surface area contributed by atoms with E-state index in [2.05, 4.69) is 11.2 Å². The van der Waals surface area contributed by atoms with Crippen LogP contribution in [-0.4, -0.2) is 15.7 Å². The van der Waals surface area contributed by atoms with Crippen LogP contribution in [0.25, 0.3) is 10.9 Å². The van der Waals surface area contributed by atoms with Crippen LogP contribution in [0, 0.1) is 6.07 Å². The van der Waals surface area contributed by atoms with E-state index in [0.29, 0.717) is 5.69 Å². The number of hydrogen-bond acceptors (Lipinski definition) is 2. The number of carbonyl (C=O) groups is 1. The first-order valence-electron chi connectivity index (χ1n) is 3.83. The summed E-state index contributed by atoms with van der Waals surface area (Å²) in [6.45, 7) is 0. The summed E-state index contributed by atoms with van der Waals surface area (Å²) in [6, 6.07) is 8.12. The molecule has 1 radical (unpaired) electrons. The molecule has 0 unspecified atom stereocenters. The number of hydrogen-bond donors (Lipinski definition) is 1. The summed E-state index contributed by atoms with van der Waals surface area (Å²) in [5, 5.41) is 4.89. The number of rotatable bonds is 1. The van der Waals surface area contributed by atoms with Gasteiger partial charge in [-0.05, 0) is 18.2 Å². The van der Waals surface area contributed by atoms with Gasteiger partial charge >= 0.3 is 0 Å². The molecule has 0 spiro atoms. The van der Waals surface area contributed by atoms with Crippen LogP contribution in [0.5, 0.6) is 0 Å². The molecule has 4 heteroatoms. The number of nitrogens with two attached hydrogens (primary N) is 1. The normalized spacial score (nSPS) is 10.5. The molecule has 0 atom stereocenters. The molecular formula is C9H8N3O. The monoisotopic (exact) mass is 174 g/mol. The molecule has 0 bridgehead atoms. The molecule has 0 aliphatic carbocycles. The lowest BCUT2D eigenvalue weighted by Crippen LogP contribution is -2.15. The quantitative estimate of drug-likeness (QED) is 0.683. The molecule has 1 aromatic carbocycles. The van der Waals surface area contributed by atoms with E-state index >= 15 is 0 Å². The first-order valence-corrected chi connectivity index (χ1v) is 3.83. The zero-order chi connectivity index (χ0) is 9.42. The number of aryl methyl sites for hydroxylation is 1. The molecule has 2 rings (SSSR count). The van der Waals surface area contributed by atoms with Gasteiger partial charge in [0, 0.05) is 12.4 Å². The molecule has 4 nitrogen and oxygen atoms in total. The van der Waals surface area contributed by atoms with E-state index in [1.807, 2.05) is 0 Å². The maximum atomic E-state index is 11.0. The highest BCUT2D eigenvalue weighted by Crippen LogP contribution is 2.15. The Morgan fingerprint density at radius 3 is 3.15 bits per heavy atom. The second-order valence-corrected chi connectivity index (χ2v) is 2.78. The predicted molar refractivity (Wildman–Crippen MR) is 48.1 cm³/mol. The van der Waals surface area contributed by atoms with Gasteiger partial charge < -0.3 is 5.73 Å².